The Labute approximate surface area is 284 Å². The molecule has 5 fully saturated rings. The van der Waals surface area contributed by atoms with Gasteiger partial charge in [0.2, 0.25) is 5.91 Å². The SMILES string of the molecule is C=CCOC(=O)CC(C)(C)CC(=O)O[C@H]1CC[C@@]2(C)C(CC[C@]3(C)C2CC[C@@H]2C4[C@H](C(=C)C)CC[C@]4(C(=O)NO)CC[C@]23C)C1(C)C. The van der Waals surface area contributed by atoms with Crippen molar-refractivity contribution in [3.8, 4) is 0 Å². The Morgan fingerprint density at radius 1 is 0.872 bits per heavy atom. The summed E-state index contributed by atoms with van der Waals surface area (Å²) >= 11 is 0. The summed E-state index contributed by atoms with van der Waals surface area (Å²) in [6, 6.07) is 0. The van der Waals surface area contributed by atoms with Crippen molar-refractivity contribution < 1.29 is 29.1 Å². The number of hydrogen-bond acceptors (Lipinski definition) is 6. The maximum absolute atomic E-state index is 13.4. The molecule has 0 bridgehead atoms. The Balaban J connectivity index is 1.35. The Kier molecular flexibility index (Phi) is 9.47. The fourth-order valence-corrected chi connectivity index (χ4v) is 13.1. The number of rotatable bonds is 9. The molecule has 0 aliphatic heterocycles. The molecule has 0 aromatic heterocycles. The molecular weight excluding hydrogens is 590 g/mol. The summed E-state index contributed by atoms with van der Waals surface area (Å²) in [4.78, 5) is 39.0. The van der Waals surface area contributed by atoms with E-state index < -0.39 is 10.8 Å². The number of carbonyl (C=O) groups excluding carboxylic acids is 3. The molecule has 10 atom stereocenters. The van der Waals surface area contributed by atoms with E-state index in [0.29, 0.717) is 23.7 Å². The van der Waals surface area contributed by atoms with E-state index in [9.17, 15) is 19.6 Å². The van der Waals surface area contributed by atoms with Crippen LogP contribution in [0.4, 0.5) is 0 Å². The van der Waals surface area contributed by atoms with Crippen LogP contribution in [0.1, 0.15) is 132 Å². The van der Waals surface area contributed by atoms with Gasteiger partial charge in [-0.25, -0.2) is 5.48 Å². The molecule has 0 radical (unpaired) electrons. The highest BCUT2D eigenvalue weighted by atomic mass is 16.5. The van der Waals surface area contributed by atoms with Crippen molar-refractivity contribution in [2.24, 2.45) is 62.1 Å². The number of ether oxygens (including phenoxy) is 2. The standard InChI is InChI=1S/C40H63NO6/c1-11-22-46-31(42)23-35(4,5)24-32(43)47-30-16-17-37(8)28(36(30,6)7)15-18-39(10)29(37)13-12-27-33-26(25(2)3)14-19-40(33,34(44)41-45)21-20-38(27,39)9/h11,26-30,33,45H,1-2,12-24H2,3-10H3,(H,41,44)/t26-,27+,28?,29?,30-,33?,37-,38+,39+,40-/m0/s1. The van der Waals surface area contributed by atoms with Crippen LogP contribution in [-0.4, -0.2) is 35.8 Å². The van der Waals surface area contributed by atoms with Gasteiger partial charge in [-0.05, 0) is 122 Å². The molecule has 3 unspecified atom stereocenters. The van der Waals surface area contributed by atoms with Crippen LogP contribution in [0.15, 0.2) is 24.8 Å². The summed E-state index contributed by atoms with van der Waals surface area (Å²) in [6.45, 7) is 26.4. The number of carbonyl (C=O) groups is 3. The van der Waals surface area contributed by atoms with Crippen LogP contribution in [0.2, 0.25) is 0 Å². The van der Waals surface area contributed by atoms with E-state index in [1.807, 2.05) is 13.8 Å². The minimum atomic E-state index is -0.554. The molecule has 264 valence electrons. The monoisotopic (exact) mass is 653 g/mol. The molecule has 7 nitrogen and oxygen atoms in total. The summed E-state index contributed by atoms with van der Waals surface area (Å²) < 4.78 is 11.5. The zero-order valence-electron chi connectivity index (χ0n) is 30.6. The van der Waals surface area contributed by atoms with Crippen LogP contribution in [0.25, 0.3) is 0 Å². The zero-order valence-corrected chi connectivity index (χ0v) is 30.6. The van der Waals surface area contributed by atoms with Gasteiger partial charge in [-0.3, -0.25) is 19.6 Å². The van der Waals surface area contributed by atoms with Gasteiger partial charge in [0.05, 0.1) is 18.3 Å². The maximum Gasteiger partial charge on any atom is 0.306 e. The van der Waals surface area contributed by atoms with Crippen LogP contribution in [-0.2, 0) is 23.9 Å². The van der Waals surface area contributed by atoms with Crippen LogP contribution in [0.3, 0.4) is 0 Å². The molecule has 0 spiro atoms. The van der Waals surface area contributed by atoms with E-state index in [1.54, 1.807) is 6.08 Å². The summed E-state index contributed by atoms with van der Waals surface area (Å²) in [5.41, 5.74) is 2.40. The third-order valence-electron chi connectivity index (χ3n) is 15.4. The Morgan fingerprint density at radius 3 is 2.19 bits per heavy atom. The largest absolute Gasteiger partial charge is 0.462 e. The number of allylic oxidation sites excluding steroid dienone is 1. The van der Waals surface area contributed by atoms with Gasteiger partial charge in [0, 0.05) is 5.41 Å². The Hall–Kier alpha value is -2.15. The van der Waals surface area contributed by atoms with Gasteiger partial charge in [-0.1, -0.05) is 73.3 Å². The fourth-order valence-electron chi connectivity index (χ4n) is 13.1. The molecule has 5 aliphatic carbocycles. The van der Waals surface area contributed by atoms with Crippen molar-refractivity contribution in [1.29, 1.82) is 0 Å². The van der Waals surface area contributed by atoms with Gasteiger partial charge >= 0.3 is 11.9 Å². The molecule has 1 amide bonds. The van der Waals surface area contributed by atoms with E-state index in [-0.39, 0.29) is 71.0 Å². The number of amides is 1. The average molecular weight is 654 g/mol. The van der Waals surface area contributed by atoms with E-state index in [1.165, 1.54) is 5.57 Å². The first kappa shape index (κ1) is 36.1. The predicted octanol–water partition coefficient (Wildman–Crippen LogP) is 8.60. The average Bonchev–Trinajstić information content (AvgIpc) is 3.38. The topological polar surface area (TPSA) is 102 Å². The molecule has 0 heterocycles. The third-order valence-corrected chi connectivity index (χ3v) is 15.4. The van der Waals surface area contributed by atoms with Gasteiger partial charge < -0.3 is 9.47 Å². The van der Waals surface area contributed by atoms with Gasteiger partial charge in [0.1, 0.15) is 12.7 Å². The predicted molar refractivity (Wildman–Crippen MR) is 183 cm³/mol. The van der Waals surface area contributed by atoms with Gasteiger partial charge in [0.25, 0.3) is 0 Å². The quantitative estimate of drug-likeness (QED) is 0.112. The first-order valence-electron chi connectivity index (χ1n) is 18.4. The minimum Gasteiger partial charge on any atom is -0.462 e. The highest BCUT2D eigenvalue weighted by Gasteiger charge is 2.72. The second-order valence-corrected chi connectivity index (χ2v) is 18.6. The van der Waals surface area contributed by atoms with E-state index in [4.69, 9.17) is 9.47 Å². The number of nitrogens with one attached hydrogen (secondary N) is 1. The van der Waals surface area contributed by atoms with Crippen molar-refractivity contribution in [2.75, 3.05) is 6.61 Å². The summed E-state index contributed by atoms with van der Waals surface area (Å²) in [7, 11) is 0. The van der Waals surface area contributed by atoms with E-state index in [2.05, 4.69) is 60.2 Å². The molecular formula is C40H63NO6. The molecule has 0 aromatic carbocycles. The summed E-state index contributed by atoms with van der Waals surface area (Å²) in [5, 5.41) is 9.88. The normalized spacial score (nSPS) is 42.1. The van der Waals surface area contributed by atoms with E-state index >= 15 is 0 Å². The number of hydrogen-bond donors (Lipinski definition) is 2. The number of fused-ring (bicyclic) bond motifs is 7. The molecule has 0 aromatic rings. The van der Waals surface area contributed by atoms with E-state index in [0.717, 1.165) is 64.2 Å². The molecule has 7 heteroatoms. The van der Waals surface area contributed by atoms with Gasteiger partial charge in [-0.15, -0.1) is 0 Å². The smallest absolute Gasteiger partial charge is 0.306 e. The Bertz CT molecular complexity index is 1290. The van der Waals surface area contributed by atoms with Gasteiger partial charge in [-0.2, -0.15) is 0 Å². The zero-order chi connectivity index (χ0) is 34.8. The number of esters is 2. The highest BCUT2D eigenvalue weighted by Crippen LogP contribution is 2.77. The second-order valence-electron chi connectivity index (χ2n) is 18.6. The lowest BCUT2D eigenvalue weighted by molar-refractivity contribution is -0.249. The molecule has 0 saturated heterocycles. The number of hydroxylamine groups is 1. The summed E-state index contributed by atoms with van der Waals surface area (Å²) in [6.07, 6.45) is 11.7. The first-order valence-corrected chi connectivity index (χ1v) is 18.4. The molecule has 5 aliphatic rings. The van der Waals surface area contributed by atoms with Crippen LogP contribution < -0.4 is 5.48 Å². The second kappa shape index (κ2) is 12.3. The van der Waals surface area contributed by atoms with Crippen molar-refractivity contribution in [3.05, 3.63) is 24.8 Å². The third kappa shape index (κ3) is 5.62. The van der Waals surface area contributed by atoms with Crippen LogP contribution in [0, 0.1) is 62.1 Å². The molecule has 2 N–H and O–H groups in total. The van der Waals surface area contributed by atoms with Crippen molar-refractivity contribution in [2.45, 2.75) is 139 Å². The molecule has 5 rings (SSSR count). The van der Waals surface area contributed by atoms with Crippen molar-refractivity contribution in [3.63, 3.8) is 0 Å². The molecule has 47 heavy (non-hydrogen) atoms. The lowest BCUT2D eigenvalue weighted by atomic mass is 9.32. The lowest BCUT2D eigenvalue weighted by Crippen LogP contribution is -2.67. The maximum atomic E-state index is 13.4. The lowest BCUT2D eigenvalue weighted by Gasteiger charge is -2.72. The van der Waals surface area contributed by atoms with Crippen molar-refractivity contribution >= 4 is 17.8 Å². The minimum absolute atomic E-state index is 0.0949. The van der Waals surface area contributed by atoms with Crippen LogP contribution >= 0.6 is 0 Å². The van der Waals surface area contributed by atoms with Crippen molar-refractivity contribution in [1.82, 2.24) is 5.48 Å². The highest BCUT2D eigenvalue weighted by molar-refractivity contribution is 5.82. The summed E-state index contributed by atoms with van der Waals surface area (Å²) in [5.74, 6) is 1.19. The Morgan fingerprint density at radius 2 is 1.55 bits per heavy atom. The van der Waals surface area contributed by atoms with Crippen LogP contribution in [0.5, 0.6) is 0 Å². The first-order chi connectivity index (χ1) is 21.8. The fraction of sp³-hybridized carbons (Fsp3) is 0.825. The van der Waals surface area contributed by atoms with Gasteiger partial charge in [0.15, 0.2) is 0 Å². The molecule has 5 saturated carbocycles.